The third-order valence-electron chi connectivity index (χ3n) is 5.36. The van der Waals surface area contributed by atoms with Gasteiger partial charge in [-0.3, -0.25) is 4.31 Å². The normalized spacial score (nSPS) is 38.0. The number of aliphatic hydroxyl groups excluding tert-OH is 1. The highest BCUT2D eigenvalue weighted by atomic mass is 35.5. The lowest BCUT2D eigenvalue weighted by Gasteiger charge is -2.41. The Morgan fingerprint density at radius 1 is 1.09 bits per heavy atom. The van der Waals surface area contributed by atoms with Gasteiger partial charge in [0.2, 0.25) is 0 Å². The second kappa shape index (κ2) is 10.0. The summed E-state index contributed by atoms with van der Waals surface area (Å²) in [5.74, 6) is 0.544. The van der Waals surface area contributed by atoms with Crippen LogP contribution in [0, 0.1) is 11.8 Å². The Balaban J connectivity index is 0.000000326. The van der Waals surface area contributed by atoms with E-state index in [4.69, 9.17) is 28.9 Å². The molecule has 3 rings (SSSR count). The highest BCUT2D eigenvalue weighted by Gasteiger charge is 2.40. The van der Waals surface area contributed by atoms with Gasteiger partial charge in [-0.25, -0.2) is 0 Å². The fraction of sp³-hybridized carbons (Fsp3) is 1.00. The molecule has 0 bridgehead atoms. The van der Waals surface area contributed by atoms with Crippen molar-refractivity contribution in [2.75, 3.05) is 26.2 Å². The number of thiol groups is 1. The summed E-state index contributed by atoms with van der Waals surface area (Å²) in [5, 5.41) is 13.2. The molecule has 0 aromatic carbocycles. The molecule has 2 aliphatic heterocycles. The first-order valence-corrected chi connectivity index (χ1v) is 10.1. The number of aliphatic hydroxyl groups is 1. The molecule has 136 valence electrons. The standard InChI is InChI=1S/C12H22Cl2N2OS.C4H9N/c13-9-5-8(11(17)6-10(9)14)12(15)7-1-3-16(18)4-2-7;1-2-4-5-3-1/h7-12,17-18H,1-6,15H2;5H,1-4H2. The van der Waals surface area contributed by atoms with Crippen molar-refractivity contribution in [2.24, 2.45) is 17.6 Å². The number of hydrogen-bond acceptors (Lipinski definition) is 5. The van der Waals surface area contributed by atoms with Crippen molar-refractivity contribution in [1.29, 1.82) is 0 Å². The first-order valence-electron chi connectivity index (χ1n) is 8.85. The van der Waals surface area contributed by atoms with Crippen molar-refractivity contribution < 1.29 is 5.11 Å². The van der Waals surface area contributed by atoms with Crippen molar-refractivity contribution in [1.82, 2.24) is 9.62 Å². The number of alkyl halides is 2. The summed E-state index contributed by atoms with van der Waals surface area (Å²) in [7, 11) is 0. The molecule has 2 saturated heterocycles. The Bertz CT molecular complexity index is 334. The molecule has 0 radical (unpaired) electrons. The molecule has 7 heteroatoms. The van der Waals surface area contributed by atoms with E-state index in [0.29, 0.717) is 12.3 Å². The summed E-state index contributed by atoms with van der Waals surface area (Å²) in [6.07, 6.45) is 5.74. The van der Waals surface area contributed by atoms with E-state index in [-0.39, 0.29) is 22.7 Å². The van der Waals surface area contributed by atoms with E-state index >= 15 is 0 Å². The first kappa shape index (κ1) is 20.1. The van der Waals surface area contributed by atoms with Gasteiger partial charge in [0, 0.05) is 25.0 Å². The molecule has 0 aromatic heterocycles. The van der Waals surface area contributed by atoms with E-state index in [9.17, 15) is 5.11 Å². The van der Waals surface area contributed by atoms with Gasteiger partial charge in [0.1, 0.15) is 0 Å². The van der Waals surface area contributed by atoms with Crippen molar-refractivity contribution in [3.8, 4) is 0 Å². The third kappa shape index (κ3) is 6.21. The topological polar surface area (TPSA) is 61.5 Å². The highest BCUT2D eigenvalue weighted by molar-refractivity contribution is 7.77. The lowest BCUT2D eigenvalue weighted by atomic mass is 9.74. The number of hydrogen-bond donors (Lipinski definition) is 4. The zero-order valence-electron chi connectivity index (χ0n) is 13.7. The maximum Gasteiger partial charge on any atom is 0.0598 e. The molecule has 0 aromatic rings. The number of nitrogens with one attached hydrogen (secondary N) is 1. The van der Waals surface area contributed by atoms with Crippen LogP contribution in [-0.4, -0.2) is 58.5 Å². The van der Waals surface area contributed by atoms with E-state index in [1.54, 1.807) is 0 Å². The predicted molar refractivity (Wildman–Crippen MR) is 101 cm³/mol. The minimum Gasteiger partial charge on any atom is -0.393 e. The predicted octanol–water partition coefficient (Wildman–Crippen LogP) is 2.23. The number of piperidine rings is 1. The molecule has 3 aliphatic rings. The van der Waals surface area contributed by atoms with Crippen LogP contribution < -0.4 is 11.1 Å². The van der Waals surface area contributed by atoms with Gasteiger partial charge in [0.15, 0.2) is 0 Å². The second-order valence-corrected chi connectivity index (χ2v) is 8.75. The van der Waals surface area contributed by atoms with Gasteiger partial charge in [0.05, 0.1) is 16.9 Å². The summed E-state index contributed by atoms with van der Waals surface area (Å²) in [5.41, 5.74) is 6.36. The van der Waals surface area contributed by atoms with Crippen molar-refractivity contribution in [2.45, 2.75) is 61.4 Å². The number of rotatable bonds is 2. The first-order chi connectivity index (χ1) is 11.0. The van der Waals surface area contributed by atoms with Crippen LogP contribution in [0.3, 0.4) is 0 Å². The molecule has 2 heterocycles. The van der Waals surface area contributed by atoms with Gasteiger partial charge in [-0.15, -0.1) is 23.2 Å². The minimum atomic E-state index is -0.411. The summed E-state index contributed by atoms with van der Waals surface area (Å²) in [4.78, 5) is 0. The largest absolute Gasteiger partial charge is 0.393 e. The van der Waals surface area contributed by atoms with Gasteiger partial charge < -0.3 is 16.2 Å². The lowest BCUT2D eigenvalue weighted by Crippen LogP contribution is -2.50. The van der Waals surface area contributed by atoms with Crippen molar-refractivity contribution in [3.05, 3.63) is 0 Å². The van der Waals surface area contributed by atoms with Crippen LogP contribution in [0.4, 0.5) is 0 Å². The molecule has 5 unspecified atom stereocenters. The average molecular weight is 384 g/mol. The molecule has 5 atom stereocenters. The quantitative estimate of drug-likeness (QED) is 0.436. The molecule has 1 aliphatic carbocycles. The third-order valence-corrected chi connectivity index (χ3v) is 6.86. The number of nitrogens with two attached hydrogens (primary N) is 1. The summed E-state index contributed by atoms with van der Waals surface area (Å²) in [6, 6.07) is 0.0208. The highest BCUT2D eigenvalue weighted by Crippen LogP contribution is 2.36. The molecular formula is C16H31Cl2N3OS. The van der Waals surface area contributed by atoms with Gasteiger partial charge in [-0.05, 0) is 57.5 Å². The summed E-state index contributed by atoms with van der Waals surface area (Å²) >= 11 is 16.6. The SMILES string of the molecule is C1CCNC1.NC(C1CCN(S)CC1)C1CC(Cl)C(Cl)CC1O. The van der Waals surface area contributed by atoms with Gasteiger partial charge in [0.25, 0.3) is 0 Å². The van der Waals surface area contributed by atoms with Gasteiger partial charge in [-0.1, -0.05) is 12.8 Å². The monoisotopic (exact) mass is 383 g/mol. The Kier molecular flexibility index (Phi) is 8.78. The van der Waals surface area contributed by atoms with Crippen molar-refractivity contribution >= 4 is 36.0 Å². The molecule has 23 heavy (non-hydrogen) atoms. The van der Waals surface area contributed by atoms with E-state index in [1.165, 1.54) is 25.9 Å². The van der Waals surface area contributed by atoms with Crippen LogP contribution in [0.2, 0.25) is 0 Å². The Morgan fingerprint density at radius 3 is 2.17 bits per heavy atom. The maximum atomic E-state index is 10.2. The molecule has 0 spiro atoms. The zero-order chi connectivity index (χ0) is 16.8. The molecule has 0 amide bonds. The molecule has 4 nitrogen and oxygen atoms in total. The van der Waals surface area contributed by atoms with E-state index in [2.05, 4.69) is 18.1 Å². The lowest BCUT2D eigenvalue weighted by molar-refractivity contribution is 0.0403. The second-order valence-electron chi connectivity index (χ2n) is 7.06. The number of halogens is 2. The Hall–Kier alpha value is 0.770. The van der Waals surface area contributed by atoms with E-state index in [0.717, 1.165) is 32.4 Å². The fourth-order valence-corrected chi connectivity index (χ4v) is 4.60. The van der Waals surface area contributed by atoms with Crippen LogP contribution in [-0.2, 0) is 0 Å². The Labute approximate surface area is 156 Å². The fourth-order valence-electron chi connectivity index (χ4n) is 3.78. The summed E-state index contributed by atoms with van der Waals surface area (Å²) in [6.45, 7) is 4.43. The Morgan fingerprint density at radius 2 is 1.65 bits per heavy atom. The zero-order valence-corrected chi connectivity index (χ0v) is 16.1. The molecule has 3 fully saturated rings. The van der Waals surface area contributed by atoms with Gasteiger partial charge >= 0.3 is 0 Å². The molecule has 1 saturated carbocycles. The summed E-state index contributed by atoms with van der Waals surface area (Å²) < 4.78 is 2.03. The van der Waals surface area contributed by atoms with Crippen LogP contribution in [0.25, 0.3) is 0 Å². The van der Waals surface area contributed by atoms with Crippen LogP contribution in [0.1, 0.15) is 38.5 Å². The van der Waals surface area contributed by atoms with Crippen LogP contribution >= 0.6 is 36.0 Å². The van der Waals surface area contributed by atoms with Crippen LogP contribution in [0.5, 0.6) is 0 Å². The average Bonchev–Trinajstić information content (AvgIpc) is 3.11. The van der Waals surface area contributed by atoms with Crippen LogP contribution in [0.15, 0.2) is 0 Å². The maximum absolute atomic E-state index is 10.2. The van der Waals surface area contributed by atoms with E-state index < -0.39 is 6.10 Å². The smallest absolute Gasteiger partial charge is 0.0598 e. The molecular weight excluding hydrogens is 353 g/mol. The van der Waals surface area contributed by atoms with E-state index in [1.807, 2.05) is 4.31 Å². The van der Waals surface area contributed by atoms with Gasteiger partial charge in [-0.2, -0.15) is 0 Å². The number of nitrogens with zero attached hydrogens (tertiary/aromatic N) is 1. The minimum absolute atomic E-state index is 0.0208. The van der Waals surface area contributed by atoms with Crippen molar-refractivity contribution in [3.63, 3.8) is 0 Å². The molecule has 4 N–H and O–H groups in total.